The van der Waals surface area contributed by atoms with Crippen LogP contribution in [0.15, 0.2) is 47.9 Å². The van der Waals surface area contributed by atoms with E-state index in [0.717, 1.165) is 29.8 Å². The number of hydrogen-bond donors (Lipinski definition) is 4. The number of allylic oxidation sites excluding steroid dienone is 1. The Labute approximate surface area is 182 Å². The minimum atomic E-state index is -0.0975. The molecule has 162 valence electrons. The minimum Gasteiger partial charge on any atom is -0.366 e. The van der Waals surface area contributed by atoms with Crippen LogP contribution in [0.5, 0.6) is 0 Å². The van der Waals surface area contributed by atoms with Gasteiger partial charge in [-0.2, -0.15) is 0 Å². The molecule has 1 fully saturated rings. The maximum Gasteiger partial charge on any atom is 0.323 e. The first kappa shape index (κ1) is 19.8. The molecule has 1 unspecified atom stereocenters. The zero-order valence-electron chi connectivity index (χ0n) is 18.0. The van der Waals surface area contributed by atoms with Gasteiger partial charge in [0.2, 0.25) is 0 Å². The zero-order chi connectivity index (χ0) is 21.4. The summed E-state index contributed by atoms with van der Waals surface area (Å²) < 4.78 is 0. The van der Waals surface area contributed by atoms with Gasteiger partial charge in [0.05, 0.1) is 6.04 Å². The summed E-state index contributed by atoms with van der Waals surface area (Å²) in [5.41, 5.74) is 12.1. The number of hydrogen-bond acceptors (Lipinski definition) is 6. The lowest BCUT2D eigenvalue weighted by molar-refractivity contribution is 0.252. The molecule has 0 bridgehead atoms. The van der Waals surface area contributed by atoms with E-state index < -0.39 is 0 Å². The molecule has 0 spiro atoms. The molecule has 8 nitrogen and oxygen atoms in total. The minimum absolute atomic E-state index is 0.0810. The van der Waals surface area contributed by atoms with Gasteiger partial charge in [-0.25, -0.2) is 15.2 Å². The fraction of sp³-hybridized carbons (Fsp3) is 0.435. The molecule has 2 amide bonds. The first-order valence-corrected chi connectivity index (χ1v) is 10.9. The number of aromatic nitrogens is 2. The molecule has 1 atom stereocenters. The monoisotopic (exact) mass is 419 g/mol. The predicted octanol–water partition coefficient (Wildman–Crippen LogP) is 3.23. The number of carbonyl (C=O) groups excluding carboxylic acids is 1. The van der Waals surface area contributed by atoms with Crippen LogP contribution in [0.4, 0.5) is 16.4 Å². The molecular weight excluding hydrogens is 390 g/mol. The molecule has 0 saturated carbocycles. The molecule has 2 aliphatic heterocycles. The second-order valence-corrected chi connectivity index (χ2v) is 9.29. The second-order valence-electron chi connectivity index (χ2n) is 9.29. The van der Waals surface area contributed by atoms with Crippen molar-refractivity contribution in [2.75, 3.05) is 23.3 Å². The molecule has 2 aromatic heterocycles. The molecule has 31 heavy (non-hydrogen) atoms. The lowest BCUT2D eigenvalue weighted by Crippen LogP contribution is -2.30. The van der Waals surface area contributed by atoms with Gasteiger partial charge in [0, 0.05) is 37.7 Å². The summed E-state index contributed by atoms with van der Waals surface area (Å²) in [7, 11) is 0. The highest BCUT2D eigenvalue weighted by atomic mass is 16.2. The fourth-order valence-corrected chi connectivity index (χ4v) is 4.60. The second kappa shape index (κ2) is 7.85. The Bertz CT molecular complexity index is 1020. The van der Waals surface area contributed by atoms with Crippen molar-refractivity contribution < 1.29 is 4.79 Å². The van der Waals surface area contributed by atoms with Crippen LogP contribution in [0.1, 0.15) is 50.3 Å². The van der Waals surface area contributed by atoms with Crippen molar-refractivity contribution in [1.29, 1.82) is 0 Å². The van der Waals surface area contributed by atoms with E-state index in [0.29, 0.717) is 30.9 Å². The van der Waals surface area contributed by atoms with E-state index in [1.54, 1.807) is 11.1 Å². The summed E-state index contributed by atoms with van der Waals surface area (Å²) in [5.74, 6) is 1.43. The van der Waals surface area contributed by atoms with Crippen LogP contribution in [0.25, 0.3) is 0 Å². The maximum atomic E-state index is 12.3. The highest BCUT2D eigenvalue weighted by Crippen LogP contribution is 2.44. The van der Waals surface area contributed by atoms with Crippen LogP contribution >= 0.6 is 0 Å². The lowest BCUT2D eigenvalue weighted by Gasteiger charge is -2.31. The fourth-order valence-electron chi connectivity index (χ4n) is 4.60. The number of hydrazine groups is 1. The van der Waals surface area contributed by atoms with E-state index >= 15 is 0 Å². The van der Waals surface area contributed by atoms with E-state index in [1.807, 2.05) is 24.4 Å². The van der Waals surface area contributed by atoms with Crippen LogP contribution in [0, 0.1) is 5.41 Å². The van der Waals surface area contributed by atoms with Gasteiger partial charge in [-0.15, -0.1) is 0 Å². The Morgan fingerprint density at radius 3 is 3.00 bits per heavy atom. The molecule has 1 saturated heterocycles. The van der Waals surface area contributed by atoms with Gasteiger partial charge in [-0.1, -0.05) is 19.9 Å². The van der Waals surface area contributed by atoms with E-state index in [4.69, 9.17) is 4.98 Å². The average Bonchev–Trinajstić information content (AvgIpc) is 3.37. The predicted molar refractivity (Wildman–Crippen MR) is 120 cm³/mol. The highest BCUT2D eigenvalue weighted by Gasteiger charge is 2.35. The zero-order valence-corrected chi connectivity index (χ0v) is 18.0. The molecule has 8 heteroatoms. The normalized spacial score (nSPS) is 22.2. The number of nitrogens with zero attached hydrogens (tertiary/aromatic N) is 3. The standard InChI is InChI=1S/C23H29N7O/c1-23(2)6-5-17-18(12-23)28-29-21(17)16-10-19(26-14-15-4-3-7-24-13-15)27-20(11-16)30-9-8-25-22(30)31/h3-4,7,10-11,13,21,28-29H,5-6,8-9,12,14H2,1-2H3,(H,25,31)(H,26,27). The molecule has 4 heterocycles. The molecule has 0 radical (unpaired) electrons. The number of carbonyl (C=O) groups is 1. The average molecular weight is 420 g/mol. The van der Waals surface area contributed by atoms with Crippen molar-refractivity contribution in [2.24, 2.45) is 5.41 Å². The Hall–Kier alpha value is -3.13. The largest absolute Gasteiger partial charge is 0.366 e. The molecule has 5 rings (SSSR count). The van der Waals surface area contributed by atoms with Gasteiger partial charge in [0.1, 0.15) is 11.6 Å². The van der Waals surface area contributed by atoms with Gasteiger partial charge in [0.15, 0.2) is 0 Å². The molecule has 1 aliphatic carbocycles. The van der Waals surface area contributed by atoms with Crippen molar-refractivity contribution in [3.05, 3.63) is 59.1 Å². The summed E-state index contributed by atoms with van der Waals surface area (Å²) in [6.45, 7) is 6.52. The smallest absolute Gasteiger partial charge is 0.323 e. The van der Waals surface area contributed by atoms with Crippen LogP contribution in [-0.2, 0) is 6.54 Å². The topological polar surface area (TPSA) is 94.2 Å². The number of pyridine rings is 2. The summed E-state index contributed by atoms with van der Waals surface area (Å²) in [6, 6.07) is 8.06. The third-order valence-electron chi connectivity index (χ3n) is 6.33. The van der Waals surface area contributed by atoms with Crippen LogP contribution in [0.2, 0.25) is 0 Å². The van der Waals surface area contributed by atoms with E-state index in [2.05, 4.69) is 46.4 Å². The number of amides is 2. The Morgan fingerprint density at radius 1 is 1.32 bits per heavy atom. The van der Waals surface area contributed by atoms with Crippen molar-refractivity contribution >= 4 is 17.7 Å². The van der Waals surface area contributed by atoms with Crippen LogP contribution in [0.3, 0.4) is 0 Å². The molecule has 3 aliphatic rings. The molecule has 2 aromatic rings. The van der Waals surface area contributed by atoms with E-state index in [-0.39, 0.29) is 12.1 Å². The summed E-state index contributed by atoms with van der Waals surface area (Å²) >= 11 is 0. The van der Waals surface area contributed by atoms with E-state index in [1.165, 1.54) is 17.7 Å². The summed E-state index contributed by atoms with van der Waals surface area (Å²) in [4.78, 5) is 22.9. The van der Waals surface area contributed by atoms with Gasteiger partial charge in [0.25, 0.3) is 0 Å². The van der Waals surface area contributed by atoms with Gasteiger partial charge < -0.3 is 16.1 Å². The Kier molecular flexibility index (Phi) is 5.02. The Balaban J connectivity index is 1.46. The molecule has 4 N–H and O–H groups in total. The third-order valence-corrected chi connectivity index (χ3v) is 6.33. The first-order valence-electron chi connectivity index (χ1n) is 10.9. The number of anilines is 2. The molecule has 0 aromatic carbocycles. The SMILES string of the molecule is CC1(C)CCC2=C(C1)NNC2c1cc(NCc2cccnc2)nc(N2CCNC2=O)c1. The van der Waals surface area contributed by atoms with Gasteiger partial charge in [-0.05, 0) is 59.6 Å². The molecular formula is C23H29N7O. The quantitative estimate of drug-likeness (QED) is 0.595. The van der Waals surface area contributed by atoms with Crippen molar-refractivity contribution in [2.45, 2.75) is 45.7 Å². The van der Waals surface area contributed by atoms with E-state index in [9.17, 15) is 4.79 Å². The van der Waals surface area contributed by atoms with Gasteiger partial charge in [-0.3, -0.25) is 9.88 Å². The number of nitrogens with one attached hydrogen (secondary N) is 4. The lowest BCUT2D eigenvalue weighted by atomic mass is 9.75. The summed E-state index contributed by atoms with van der Waals surface area (Å²) in [6.07, 6.45) is 6.89. The highest BCUT2D eigenvalue weighted by molar-refractivity contribution is 5.93. The van der Waals surface area contributed by atoms with Crippen molar-refractivity contribution in [3.63, 3.8) is 0 Å². The first-order chi connectivity index (χ1) is 15.0. The summed E-state index contributed by atoms with van der Waals surface area (Å²) in [5, 5.41) is 6.28. The number of urea groups is 1. The van der Waals surface area contributed by atoms with Crippen LogP contribution < -0.4 is 26.4 Å². The van der Waals surface area contributed by atoms with Gasteiger partial charge >= 0.3 is 6.03 Å². The van der Waals surface area contributed by atoms with Crippen molar-refractivity contribution in [1.82, 2.24) is 26.1 Å². The van der Waals surface area contributed by atoms with Crippen molar-refractivity contribution in [3.8, 4) is 0 Å². The van der Waals surface area contributed by atoms with Crippen LogP contribution in [-0.4, -0.2) is 29.1 Å². The maximum absolute atomic E-state index is 12.3. The Morgan fingerprint density at radius 2 is 2.23 bits per heavy atom. The number of rotatable bonds is 5. The third kappa shape index (κ3) is 4.07.